The number of benzene rings is 1. The molecule has 146 valence electrons. The van der Waals surface area contributed by atoms with Crippen LogP contribution in [0.25, 0.3) is 12.2 Å². The molecule has 2 unspecified atom stereocenters. The minimum atomic E-state index is -0.587. The monoisotopic (exact) mass is 388 g/mol. The standard InChI is InChI=1S/C28H24N2/c1-27(21-29)17-5-3-7-25(19-27)15-13-23-9-11-24(12-10-23)14-16-26-8-4-6-18-28(2,20-26)22-30/h3-20H,1-2H3. The largest absolute Gasteiger partial charge is 0.197 e. The van der Waals surface area contributed by atoms with E-state index in [-0.39, 0.29) is 0 Å². The van der Waals surface area contributed by atoms with E-state index in [9.17, 15) is 10.5 Å². The molecular weight excluding hydrogens is 364 g/mol. The lowest BCUT2D eigenvalue weighted by Gasteiger charge is -2.10. The van der Waals surface area contributed by atoms with Gasteiger partial charge in [-0.3, -0.25) is 0 Å². The average molecular weight is 389 g/mol. The van der Waals surface area contributed by atoms with E-state index in [1.165, 1.54) is 0 Å². The molecule has 2 atom stereocenters. The number of nitrogens with zero attached hydrogens (tertiary/aromatic N) is 2. The molecule has 0 amide bonds. The van der Waals surface area contributed by atoms with Crippen LogP contribution in [0.4, 0.5) is 0 Å². The van der Waals surface area contributed by atoms with Crippen LogP contribution < -0.4 is 0 Å². The maximum Gasteiger partial charge on any atom is 0.0917 e. The van der Waals surface area contributed by atoms with E-state index in [0.717, 1.165) is 22.3 Å². The first-order chi connectivity index (χ1) is 14.4. The Morgan fingerprint density at radius 1 is 0.633 bits per heavy atom. The Morgan fingerprint density at radius 2 is 1.03 bits per heavy atom. The first-order valence-electron chi connectivity index (χ1n) is 9.90. The van der Waals surface area contributed by atoms with Crippen molar-refractivity contribution in [3.63, 3.8) is 0 Å². The fraction of sp³-hybridized carbons (Fsp3) is 0.143. The molecule has 0 bridgehead atoms. The Balaban J connectivity index is 1.72. The van der Waals surface area contributed by atoms with E-state index in [4.69, 9.17) is 0 Å². The molecule has 0 spiro atoms. The molecule has 1 aromatic carbocycles. The number of hydrogen-bond donors (Lipinski definition) is 0. The van der Waals surface area contributed by atoms with Crippen LogP contribution in [-0.4, -0.2) is 0 Å². The van der Waals surface area contributed by atoms with Gasteiger partial charge in [0.2, 0.25) is 0 Å². The van der Waals surface area contributed by atoms with Crippen molar-refractivity contribution >= 4 is 12.2 Å². The van der Waals surface area contributed by atoms with Crippen LogP contribution in [0.15, 0.2) is 108 Å². The second-order valence-electron chi connectivity index (χ2n) is 7.85. The molecule has 2 aliphatic rings. The SMILES string of the molecule is CC1(C#N)C=CC=CC(C=Cc2ccc(C=CC3=CC(C)(C#N)C=CC=C3)cc2)=C1. The van der Waals surface area contributed by atoms with Gasteiger partial charge in [0.25, 0.3) is 0 Å². The number of rotatable bonds is 4. The highest BCUT2D eigenvalue weighted by Crippen LogP contribution is 2.26. The van der Waals surface area contributed by atoms with Crippen LogP contribution in [0.5, 0.6) is 0 Å². The first-order valence-corrected chi connectivity index (χ1v) is 9.90. The van der Waals surface area contributed by atoms with Crippen LogP contribution in [0.2, 0.25) is 0 Å². The van der Waals surface area contributed by atoms with Gasteiger partial charge in [-0.15, -0.1) is 0 Å². The van der Waals surface area contributed by atoms with Crippen molar-refractivity contribution in [1.29, 1.82) is 10.5 Å². The molecule has 0 aromatic heterocycles. The van der Waals surface area contributed by atoms with Gasteiger partial charge >= 0.3 is 0 Å². The highest BCUT2D eigenvalue weighted by Gasteiger charge is 2.18. The summed E-state index contributed by atoms with van der Waals surface area (Å²) in [6.07, 6.45) is 27.6. The Labute approximate surface area is 179 Å². The predicted molar refractivity (Wildman–Crippen MR) is 125 cm³/mol. The lowest BCUT2D eigenvalue weighted by atomic mass is 9.90. The molecule has 0 aliphatic heterocycles. The molecule has 30 heavy (non-hydrogen) atoms. The lowest BCUT2D eigenvalue weighted by Crippen LogP contribution is -2.05. The zero-order valence-corrected chi connectivity index (χ0v) is 17.3. The molecule has 0 heterocycles. The van der Waals surface area contributed by atoms with Gasteiger partial charge in [0.05, 0.1) is 23.0 Å². The summed E-state index contributed by atoms with van der Waals surface area (Å²) in [4.78, 5) is 0. The molecule has 3 rings (SSSR count). The minimum Gasteiger partial charge on any atom is -0.197 e. The summed E-state index contributed by atoms with van der Waals surface area (Å²) >= 11 is 0. The molecule has 0 N–H and O–H groups in total. The summed E-state index contributed by atoms with van der Waals surface area (Å²) < 4.78 is 0. The van der Waals surface area contributed by atoms with Gasteiger partial charge in [0.15, 0.2) is 0 Å². The van der Waals surface area contributed by atoms with E-state index >= 15 is 0 Å². The van der Waals surface area contributed by atoms with Crippen LogP contribution >= 0.6 is 0 Å². The van der Waals surface area contributed by atoms with Crippen molar-refractivity contribution in [3.05, 3.63) is 119 Å². The van der Waals surface area contributed by atoms with Crippen molar-refractivity contribution in [2.24, 2.45) is 10.8 Å². The maximum absolute atomic E-state index is 9.38. The second-order valence-corrected chi connectivity index (χ2v) is 7.85. The topological polar surface area (TPSA) is 47.6 Å². The van der Waals surface area contributed by atoms with Gasteiger partial charge in [-0.25, -0.2) is 0 Å². The van der Waals surface area contributed by atoms with Crippen LogP contribution in [-0.2, 0) is 0 Å². The molecule has 2 aliphatic carbocycles. The van der Waals surface area contributed by atoms with Crippen molar-refractivity contribution < 1.29 is 0 Å². The predicted octanol–water partition coefficient (Wildman–Crippen LogP) is 6.88. The highest BCUT2D eigenvalue weighted by molar-refractivity contribution is 5.61. The first kappa shape index (κ1) is 20.8. The average Bonchev–Trinajstić information content (AvgIpc) is 3.07. The van der Waals surface area contributed by atoms with E-state index in [1.54, 1.807) is 0 Å². The molecular formula is C28H24N2. The van der Waals surface area contributed by atoms with Crippen molar-refractivity contribution in [3.8, 4) is 12.1 Å². The van der Waals surface area contributed by atoms with Crippen LogP contribution in [0, 0.1) is 33.5 Å². The highest BCUT2D eigenvalue weighted by atomic mass is 14.3. The van der Waals surface area contributed by atoms with Gasteiger partial charge < -0.3 is 0 Å². The lowest BCUT2D eigenvalue weighted by molar-refractivity contribution is 0.734. The second kappa shape index (κ2) is 9.08. The number of hydrogen-bond acceptors (Lipinski definition) is 2. The van der Waals surface area contributed by atoms with E-state index in [2.05, 4.69) is 36.4 Å². The Hall–Kier alpha value is -3.88. The number of nitriles is 2. The van der Waals surface area contributed by atoms with E-state index in [1.807, 2.05) is 98.9 Å². The van der Waals surface area contributed by atoms with Gasteiger partial charge in [0.1, 0.15) is 0 Å². The minimum absolute atomic E-state index is 0.587. The third kappa shape index (κ3) is 5.57. The van der Waals surface area contributed by atoms with E-state index in [0.29, 0.717) is 0 Å². The summed E-state index contributed by atoms with van der Waals surface area (Å²) in [5.74, 6) is 0. The van der Waals surface area contributed by atoms with Crippen LogP contribution in [0.1, 0.15) is 25.0 Å². The summed E-state index contributed by atoms with van der Waals surface area (Å²) in [6.45, 7) is 3.80. The van der Waals surface area contributed by atoms with Gasteiger partial charge in [-0.2, -0.15) is 10.5 Å². The smallest absolute Gasteiger partial charge is 0.0917 e. The van der Waals surface area contributed by atoms with E-state index < -0.39 is 10.8 Å². The van der Waals surface area contributed by atoms with Crippen LogP contribution in [0.3, 0.4) is 0 Å². The molecule has 0 radical (unpaired) electrons. The van der Waals surface area contributed by atoms with Crippen molar-refractivity contribution in [1.82, 2.24) is 0 Å². The summed E-state index contributed by atoms with van der Waals surface area (Å²) in [5, 5.41) is 18.8. The zero-order chi connectivity index (χ0) is 21.5. The Morgan fingerprint density at radius 3 is 1.40 bits per heavy atom. The third-order valence-electron chi connectivity index (χ3n) is 4.97. The normalized spacial score (nSPS) is 25.5. The molecule has 0 saturated carbocycles. The maximum atomic E-state index is 9.38. The van der Waals surface area contributed by atoms with Crippen molar-refractivity contribution in [2.45, 2.75) is 13.8 Å². The fourth-order valence-corrected chi connectivity index (χ4v) is 3.18. The molecule has 2 nitrogen and oxygen atoms in total. The molecule has 2 heteroatoms. The van der Waals surface area contributed by atoms with Gasteiger partial charge in [-0.1, -0.05) is 109 Å². The summed E-state index contributed by atoms with van der Waals surface area (Å²) in [6, 6.07) is 12.9. The van der Waals surface area contributed by atoms with Gasteiger partial charge in [-0.05, 0) is 36.1 Å². The summed E-state index contributed by atoms with van der Waals surface area (Å²) in [7, 11) is 0. The quantitative estimate of drug-likeness (QED) is 0.564. The fourth-order valence-electron chi connectivity index (χ4n) is 3.18. The van der Waals surface area contributed by atoms with Crippen molar-refractivity contribution in [2.75, 3.05) is 0 Å². The Kier molecular flexibility index (Phi) is 6.31. The zero-order valence-electron chi connectivity index (χ0n) is 17.3. The summed E-state index contributed by atoms with van der Waals surface area (Å²) in [5.41, 5.74) is 3.02. The molecule has 0 saturated heterocycles. The third-order valence-corrected chi connectivity index (χ3v) is 4.97. The Bertz CT molecular complexity index is 1030. The molecule has 1 aromatic rings. The molecule has 0 fully saturated rings. The number of allylic oxidation sites excluding steroid dienone is 14. The van der Waals surface area contributed by atoms with Gasteiger partial charge in [0, 0.05) is 0 Å².